The van der Waals surface area contributed by atoms with Gasteiger partial charge < -0.3 is 10.4 Å². The summed E-state index contributed by atoms with van der Waals surface area (Å²) in [5.74, 6) is 0.576. The predicted octanol–water partition coefficient (Wildman–Crippen LogP) is 4.24. The molecule has 0 saturated heterocycles. The highest BCUT2D eigenvalue weighted by Crippen LogP contribution is 2.56. The van der Waals surface area contributed by atoms with Crippen LogP contribution in [0.15, 0.2) is 67.0 Å². The van der Waals surface area contributed by atoms with Crippen molar-refractivity contribution >= 4 is 11.8 Å². The van der Waals surface area contributed by atoms with E-state index < -0.39 is 12.1 Å². The van der Waals surface area contributed by atoms with Crippen molar-refractivity contribution in [2.45, 2.75) is 43.7 Å². The van der Waals surface area contributed by atoms with Crippen LogP contribution in [-0.4, -0.2) is 36.8 Å². The fourth-order valence-electron chi connectivity index (χ4n) is 5.65. The SMILES string of the molecule is Cc1c(-c2cnn(C)c2)nn(-c2ccccc2)c1NC(=O)NC1c2ccccc2C2(CCC2)C1O. The van der Waals surface area contributed by atoms with Crippen LogP contribution < -0.4 is 10.6 Å². The third kappa shape index (κ3) is 3.36. The van der Waals surface area contributed by atoms with Crippen molar-refractivity contribution in [1.82, 2.24) is 24.9 Å². The van der Waals surface area contributed by atoms with E-state index in [2.05, 4.69) is 21.8 Å². The maximum Gasteiger partial charge on any atom is 0.320 e. The van der Waals surface area contributed by atoms with Crippen LogP contribution >= 0.6 is 0 Å². The molecular formula is C27H28N6O2. The number of hydrogen-bond acceptors (Lipinski definition) is 4. The van der Waals surface area contributed by atoms with E-state index in [0.29, 0.717) is 5.82 Å². The zero-order valence-electron chi connectivity index (χ0n) is 19.8. The molecule has 2 aromatic carbocycles. The summed E-state index contributed by atoms with van der Waals surface area (Å²) in [4.78, 5) is 13.3. The van der Waals surface area contributed by atoms with E-state index in [1.807, 2.05) is 68.7 Å². The second-order valence-corrected chi connectivity index (χ2v) is 9.59. The summed E-state index contributed by atoms with van der Waals surface area (Å²) in [5.41, 5.74) is 5.20. The standard InChI is InChI=1S/C27H28N6O2/c1-17-22(18-15-28-32(2)16-18)31-33(19-9-4-3-5-10-19)25(17)30-26(35)29-23-20-11-6-7-12-21(20)27(24(23)34)13-8-14-27/h3-7,9-12,15-16,23-24,34H,8,13-14H2,1-2H3,(H2,29,30,35). The highest BCUT2D eigenvalue weighted by atomic mass is 16.3. The molecule has 2 heterocycles. The van der Waals surface area contributed by atoms with E-state index in [1.54, 1.807) is 15.6 Å². The molecule has 0 bridgehead atoms. The number of aromatic nitrogens is 4. The first-order valence-electron chi connectivity index (χ1n) is 12.0. The van der Waals surface area contributed by atoms with Crippen molar-refractivity contribution < 1.29 is 9.90 Å². The molecule has 35 heavy (non-hydrogen) atoms. The van der Waals surface area contributed by atoms with E-state index in [-0.39, 0.29) is 11.4 Å². The van der Waals surface area contributed by atoms with Crippen molar-refractivity contribution in [2.24, 2.45) is 7.05 Å². The molecular weight excluding hydrogens is 440 g/mol. The fraction of sp³-hybridized carbons (Fsp3) is 0.296. The number of hydrogen-bond donors (Lipinski definition) is 3. The number of carbonyl (C=O) groups excluding carboxylic acids is 1. The molecule has 1 saturated carbocycles. The summed E-state index contributed by atoms with van der Waals surface area (Å²) in [6.07, 6.45) is 6.00. The number of nitrogens with one attached hydrogen (secondary N) is 2. The summed E-state index contributed by atoms with van der Waals surface area (Å²) >= 11 is 0. The summed E-state index contributed by atoms with van der Waals surface area (Å²) in [5, 5.41) is 26.4. The molecule has 8 nitrogen and oxygen atoms in total. The first kappa shape index (κ1) is 21.6. The van der Waals surface area contributed by atoms with Gasteiger partial charge in [0, 0.05) is 29.8 Å². The van der Waals surface area contributed by atoms with E-state index in [4.69, 9.17) is 5.10 Å². The Morgan fingerprint density at radius 2 is 1.86 bits per heavy atom. The number of nitrogens with zero attached hydrogens (tertiary/aromatic N) is 4. The molecule has 1 spiro atoms. The minimum absolute atomic E-state index is 0.246. The Bertz CT molecular complexity index is 1400. The second kappa shape index (κ2) is 8.09. The molecule has 1 fully saturated rings. The predicted molar refractivity (Wildman–Crippen MR) is 133 cm³/mol. The maximum atomic E-state index is 13.3. The number of urea groups is 1. The highest BCUT2D eigenvalue weighted by Gasteiger charge is 2.55. The zero-order valence-corrected chi connectivity index (χ0v) is 19.8. The summed E-state index contributed by atoms with van der Waals surface area (Å²) in [6.45, 7) is 1.94. The number of amides is 2. The van der Waals surface area contributed by atoms with E-state index >= 15 is 0 Å². The number of anilines is 1. The van der Waals surface area contributed by atoms with Gasteiger partial charge in [-0.15, -0.1) is 0 Å². The zero-order chi connectivity index (χ0) is 24.2. The first-order chi connectivity index (χ1) is 17.0. The van der Waals surface area contributed by atoms with Gasteiger partial charge in [-0.05, 0) is 43.0 Å². The van der Waals surface area contributed by atoms with Crippen molar-refractivity contribution in [2.75, 3.05) is 5.32 Å². The molecule has 0 aliphatic heterocycles. The van der Waals surface area contributed by atoms with Crippen molar-refractivity contribution in [1.29, 1.82) is 0 Å². The topological polar surface area (TPSA) is 97.0 Å². The molecule has 2 aliphatic carbocycles. The molecule has 2 aromatic heterocycles. The van der Waals surface area contributed by atoms with Gasteiger partial charge >= 0.3 is 6.03 Å². The molecule has 0 radical (unpaired) electrons. The molecule has 2 amide bonds. The lowest BCUT2D eigenvalue weighted by Gasteiger charge is -2.43. The Labute approximate surface area is 203 Å². The average molecular weight is 469 g/mol. The summed E-state index contributed by atoms with van der Waals surface area (Å²) in [6, 6.07) is 16.9. The third-order valence-electron chi connectivity index (χ3n) is 7.58. The fourth-order valence-corrected chi connectivity index (χ4v) is 5.65. The van der Waals surface area contributed by atoms with Gasteiger partial charge in [0.1, 0.15) is 11.5 Å². The van der Waals surface area contributed by atoms with Crippen molar-refractivity contribution in [3.8, 4) is 16.9 Å². The van der Waals surface area contributed by atoms with Crippen LogP contribution in [0, 0.1) is 6.92 Å². The van der Waals surface area contributed by atoms with Crippen LogP contribution in [0.25, 0.3) is 16.9 Å². The number of benzene rings is 2. The number of aryl methyl sites for hydroxylation is 1. The van der Waals surface area contributed by atoms with Gasteiger partial charge in [-0.25, -0.2) is 9.48 Å². The molecule has 2 unspecified atom stereocenters. The molecule has 6 rings (SSSR count). The van der Waals surface area contributed by atoms with Gasteiger partial charge in [0.15, 0.2) is 0 Å². The Morgan fingerprint density at radius 3 is 2.54 bits per heavy atom. The lowest BCUT2D eigenvalue weighted by atomic mass is 9.63. The second-order valence-electron chi connectivity index (χ2n) is 9.59. The monoisotopic (exact) mass is 468 g/mol. The molecule has 178 valence electrons. The van der Waals surface area contributed by atoms with Gasteiger partial charge in [-0.3, -0.25) is 10.00 Å². The lowest BCUT2D eigenvalue weighted by Crippen LogP contribution is -2.47. The highest BCUT2D eigenvalue weighted by molar-refractivity contribution is 5.91. The van der Waals surface area contributed by atoms with Gasteiger partial charge in [0.2, 0.25) is 0 Å². The van der Waals surface area contributed by atoms with Gasteiger partial charge in [0.25, 0.3) is 0 Å². The van der Waals surface area contributed by atoms with Crippen LogP contribution in [0.3, 0.4) is 0 Å². The van der Waals surface area contributed by atoms with Gasteiger partial charge in [0.05, 0.1) is 24.0 Å². The Morgan fingerprint density at radius 1 is 1.11 bits per heavy atom. The Hall–Kier alpha value is -3.91. The Kier molecular flexibility index (Phi) is 5.00. The third-order valence-corrected chi connectivity index (χ3v) is 7.58. The van der Waals surface area contributed by atoms with Crippen LogP contribution in [0.1, 0.15) is 42.0 Å². The largest absolute Gasteiger partial charge is 0.390 e. The number of aliphatic hydroxyl groups excluding tert-OH is 1. The smallest absolute Gasteiger partial charge is 0.320 e. The lowest BCUT2D eigenvalue weighted by molar-refractivity contribution is 0.0212. The molecule has 3 N–H and O–H groups in total. The van der Waals surface area contributed by atoms with Gasteiger partial charge in [-0.1, -0.05) is 48.9 Å². The van der Waals surface area contributed by atoms with Crippen LogP contribution in [0.5, 0.6) is 0 Å². The molecule has 8 heteroatoms. The molecule has 2 aliphatic rings. The molecule has 2 atom stereocenters. The number of carbonyl (C=O) groups is 1. The number of para-hydroxylation sites is 1. The maximum absolute atomic E-state index is 13.3. The van der Waals surface area contributed by atoms with Crippen LogP contribution in [0.4, 0.5) is 10.6 Å². The number of aliphatic hydroxyl groups is 1. The summed E-state index contributed by atoms with van der Waals surface area (Å²) < 4.78 is 3.47. The van der Waals surface area contributed by atoms with Crippen LogP contribution in [0.2, 0.25) is 0 Å². The minimum Gasteiger partial charge on any atom is -0.390 e. The Balaban J connectivity index is 1.33. The average Bonchev–Trinajstić information content (AvgIpc) is 3.48. The summed E-state index contributed by atoms with van der Waals surface area (Å²) in [7, 11) is 1.86. The first-order valence-corrected chi connectivity index (χ1v) is 12.0. The van der Waals surface area contributed by atoms with E-state index in [9.17, 15) is 9.90 Å². The number of fused-ring (bicyclic) bond motifs is 2. The molecule has 4 aromatic rings. The van der Waals surface area contributed by atoms with Crippen molar-refractivity contribution in [3.05, 3.63) is 83.7 Å². The van der Waals surface area contributed by atoms with Crippen LogP contribution in [-0.2, 0) is 12.5 Å². The van der Waals surface area contributed by atoms with E-state index in [1.165, 1.54) is 0 Å². The van der Waals surface area contributed by atoms with Crippen molar-refractivity contribution in [3.63, 3.8) is 0 Å². The van der Waals surface area contributed by atoms with E-state index in [0.717, 1.165) is 52.9 Å². The number of rotatable bonds is 4. The minimum atomic E-state index is -0.648. The van der Waals surface area contributed by atoms with Gasteiger partial charge in [-0.2, -0.15) is 10.2 Å². The quantitative estimate of drug-likeness (QED) is 0.417. The normalized spacial score (nSPS) is 19.9.